The number of hydrogen-bond acceptors (Lipinski definition) is 3. The van der Waals surface area contributed by atoms with E-state index in [9.17, 15) is 4.79 Å². The summed E-state index contributed by atoms with van der Waals surface area (Å²) in [5, 5.41) is 2.81. The molecule has 0 saturated heterocycles. The number of carbonyl (C=O) groups excluding carboxylic acids is 1. The van der Waals surface area contributed by atoms with Crippen LogP contribution in [0.5, 0.6) is 11.5 Å². The third-order valence-electron chi connectivity index (χ3n) is 2.64. The van der Waals surface area contributed by atoms with Gasteiger partial charge in [0.1, 0.15) is 13.2 Å². The number of rotatable bonds is 4. The van der Waals surface area contributed by atoms with Gasteiger partial charge in [-0.25, -0.2) is 0 Å². The summed E-state index contributed by atoms with van der Waals surface area (Å²) in [6.07, 6.45) is 4.02. The molecule has 18 heavy (non-hydrogen) atoms. The minimum atomic E-state index is -0.0601. The normalized spacial score (nSPS) is 13.6. The second kappa shape index (κ2) is 6.10. The van der Waals surface area contributed by atoms with Crippen molar-refractivity contribution in [1.82, 2.24) is 5.32 Å². The fraction of sp³-hybridized carbons (Fsp3) is 0.357. The second-order valence-corrected chi connectivity index (χ2v) is 4.02. The highest BCUT2D eigenvalue weighted by atomic mass is 16.6. The number of fused-ring (bicyclic) bond motifs is 1. The highest BCUT2D eigenvalue weighted by Gasteiger charge is 2.11. The molecule has 0 radical (unpaired) electrons. The molecule has 1 N–H and O–H groups in total. The third-order valence-corrected chi connectivity index (χ3v) is 2.64. The Hall–Kier alpha value is -1.97. The molecule has 0 fully saturated rings. The SMILES string of the molecule is CC=CC(=O)NCCc1ccc2c(c1)OCCO2. The Morgan fingerprint density at radius 2 is 2.11 bits per heavy atom. The van der Waals surface area contributed by atoms with Crippen LogP contribution in [0.25, 0.3) is 0 Å². The molecule has 1 aromatic rings. The van der Waals surface area contributed by atoms with Gasteiger partial charge in [0.25, 0.3) is 0 Å². The molecular weight excluding hydrogens is 230 g/mol. The molecule has 0 unspecified atom stereocenters. The molecule has 0 spiro atoms. The Morgan fingerprint density at radius 1 is 1.33 bits per heavy atom. The Kier molecular flexibility index (Phi) is 4.23. The topological polar surface area (TPSA) is 47.6 Å². The summed E-state index contributed by atoms with van der Waals surface area (Å²) in [5.74, 6) is 1.52. The van der Waals surface area contributed by atoms with Crippen molar-refractivity contribution in [2.24, 2.45) is 0 Å². The summed E-state index contributed by atoms with van der Waals surface area (Å²) >= 11 is 0. The lowest BCUT2D eigenvalue weighted by Gasteiger charge is -2.18. The second-order valence-electron chi connectivity index (χ2n) is 4.02. The van der Waals surface area contributed by atoms with Crippen LogP contribution in [0.3, 0.4) is 0 Å². The molecule has 4 nitrogen and oxygen atoms in total. The quantitative estimate of drug-likeness (QED) is 0.824. The van der Waals surface area contributed by atoms with Gasteiger partial charge in [-0.05, 0) is 37.1 Å². The number of hydrogen-bond donors (Lipinski definition) is 1. The molecule has 1 aromatic carbocycles. The lowest BCUT2D eigenvalue weighted by molar-refractivity contribution is -0.116. The number of allylic oxidation sites excluding steroid dienone is 1. The van der Waals surface area contributed by atoms with Gasteiger partial charge in [0, 0.05) is 6.54 Å². The summed E-state index contributed by atoms with van der Waals surface area (Å²) in [5.41, 5.74) is 1.13. The summed E-state index contributed by atoms with van der Waals surface area (Å²) in [6, 6.07) is 5.88. The molecule has 2 rings (SSSR count). The van der Waals surface area contributed by atoms with Crippen molar-refractivity contribution >= 4 is 5.91 Å². The molecule has 1 aliphatic heterocycles. The van der Waals surface area contributed by atoms with Crippen LogP contribution in [0.4, 0.5) is 0 Å². The van der Waals surface area contributed by atoms with Gasteiger partial charge in [-0.15, -0.1) is 0 Å². The molecule has 1 amide bonds. The fourth-order valence-corrected chi connectivity index (χ4v) is 1.78. The summed E-state index contributed by atoms with van der Waals surface area (Å²) in [6.45, 7) is 3.63. The van der Waals surface area contributed by atoms with Gasteiger partial charge in [0.15, 0.2) is 11.5 Å². The maximum absolute atomic E-state index is 11.2. The number of benzene rings is 1. The van der Waals surface area contributed by atoms with E-state index in [4.69, 9.17) is 9.47 Å². The lowest BCUT2D eigenvalue weighted by Crippen LogP contribution is -2.23. The minimum absolute atomic E-state index is 0.0601. The van der Waals surface area contributed by atoms with Crippen LogP contribution < -0.4 is 14.8 Å². The smallest absolute Gasteiger partial charge is 0.243 e. The zero-order valence-electron chi connectivity index (χ0n) is 10.4. The van der Waals surface area contributed by atoms with E-state index in [1.54, 1.807) is 6.08 Å². The molecule has 0 saturated carbocycles. The average Bonchev–Trinajstić information content (AvgIpc) is 2.39. The van der Waals surface area contributed by atoms with Crippen LogP contribution in [-0.4, -0.2) is 25.7 Å². The van der Waals surface area contributed by atoms with Crippen molar-refractivity contribution in [3.8, 4) is 11.5 Å². The van der Waals surface area contributed by atoms with Crippen molar-refractivity contribution in [1.29, 1.82) is 0 Å². The first-order valence-electron chi connectivity index (χ1n) is 6.08. The van der Waals surface area contributed by atoms with Crippen LogP contribution >= 0.6 is 0 Å². The average molecular weight is 247 g/mol. The first-order chi connectivity index (χ1) is 8.79. The van der Waals surface area contributed by atoms with Crippen LogP contribution in [0.2, 0.25) is 0 Å². The van der Waals surface area contributed by atoms with Gasteiger partial charge in [-0.1, -0.05) is 12.1 Å². The number of ether oxygens (including phenoxy) is 2. The van der Waals surface area contributed by atoms with E-state index in [1.165, 1.54) is 6.08 Å². The largest absolute Gasteiger partial charge is 0.486 e. The Morgan fingerprint density at radius 3 is 2.89 bits per heavy atom. The molecule has 4 heteroatoms. The van der Waals surface area contributed by atoms with E-state index < -0.39 is 0 Å². The van der Waals surface area contributed by atoms with E-state index in [-0.39, 0.29) is 5.91 Å². The Labute approximate surface area is 107 Å². The van der Waals surface area contributed by atoms with Gasteiger partial charge in [0.2, 0.25) is 5.91 Å². The van der Waals surface area contributed by atoms with E-state index in [2.05, 4.69) is 5.32 Å². The van der Waals surface area contributed by atoms with E-state index >= 15 is 0 Å². The molecule has 0 aliphatic carbocycles. The van der Waals surface area contributed by atoms with Crippen molar-refractivity contribution in [3.05, 3.63) is 35.9 Å². The molecule has 0 bridgehead atoms. The molecule has 1 aliphatic rings. The highest BCUT2D eigenvalue weighted by molar-refractivity contribution is 5.87. The molecule has 96 valence electrons. The zero-order chi connectivity index (χ0) is 12.8. The fourth-order valence-electron chi connectivity index (χ4n) is 1.78. The van der Waals surface area contributed by atoms with Crippen LogP contribution in [0.1, 0.15) is 12.5 Å². The minimum Gasteiger partial charge on any atom is -0.486 e. The van der Waals surface area contributed by atoms with E-state index in [1.807, 2.05) is 25.1 Å². The maximum atomic E-state index is 11.2. The van der Waals surface area contributed by atoms with Crippen LogP contribution in [0, 0.1) is 0 Å². The van der Waals surface area contributed by atoms with Crippen molar-refractivity contribution in [2.45, 2.75) is 13.3 Å². The summed E-state index contributed by atoms with van der Waals surface area (Å²) < 4.78 is 11.0. The number of amides is 1. The van der Waals surface area contributed by atoms with Crippen molar-refractivity contribution in [3.63, 3.8) is 0 Å². The van der Waals surface area contributed by atoms with Gasteiger partial charge in [0.05, 0.1) is 0 Å². The number of nitrogens with one attached hydrogen (secondary N) is 1. The molecular formula is C14H17NO3. The Balaban J connectivity index is 1.88. The molecule has 0 atom stereocenters. The first-order valence-corrected chi connectivity index (χ1v) is 6.08. The first kappa shape index (κ1) is 12.5. The molecule has 0 aromatic heterocycles. The van der Waals surface area contributed by atoms with E-state index in [0.29, 0.717) is 19.8 Å². The summed E-state index contributed by atoms with van der Waals surface area (Å²) in [7, 11) is 0. The van der Waals surface area contributed by atoms with Gasteiger partial charge in [-0.2, -0.15) is 0 Å². The Bertz CT molecular complexity index is 454. The van der Waals surface area contributed by atoms with Crippen LogP contribution in [0.15, 0.2) is 30.4 Å². The van der Waals surface area contributed by atoms with Gasteiger partial charge < -0.3 is 14.8 Å². The van der Waals surface area contributed by atoms with Crippen LogP contribution in [-0.2, 0) is 11.2 Å². The zero-order valence-corrected chi connectivity index (χ0v) is 10.4. The lowest BCUT2D eigenvalue weighted by atomic mass is 10.1. The highest BCUT2D eigenvalue weighted by Crippen LogP contribution is 2.30. The predicted molar refractivity (Wildman–Crippen MR) is 69.0 cm³/mol. The predicted octanol–water partition coefficient (Wildman–Crippen LogP) is 1.69. The van der Waals surface area contributed by atoms with E-state index in [0.717, 1.165) is 23.5 Å². The monoisotopic (exact) mass is 247 g/mol. The van der Waals surface area contributed by atoms with Crippen molar-refractivity contribution < 1.29 is 14.3 Å². The summed E-state index contributed by atoms with van der Waals surface area (Å²) in [4.78, 5) is 11.2. The van der Waals surface area contributed by atoms with Gasteiger partial charge >= 0.3 is 0 Å². The van der Waals surface area contributed by atoms with Gasteiger partial charge in [-0.3, -0.25) is 4.79 Å². The number of carbonyl (C=O) groups is 1. The van der Waals surface area contributed by atoms with Crippen molar-refractivity contribution in [2.75, 3.05) is 19.8 Å². The third kappa shape index (κ3) is 3.26. The standard InChI is InChI=1S/C14H17NO3/c1-2-3-14(16)15-7-6-11-4-5-12-13(10-11)18-9-8-17-12/h2-5,10H,6-9H2,1H3,(H,15,16). The molecule has 1 heterocycles. The maximum Gasteiger partial charge on any atom is 0.243 e.